The third kappa shape index (κ3) is 2.59. The second-order valence-corrected chi connectivity index (χ2v) is 4.62. The Morgan fingerprint density at radius 2 is 2.10 bits per heavy atom. The number of likely N-dealkylation sites (N-methyl/N-ethyl adjacent to an activating group) is 1. The monoisotopic (exact) mass is 289 g/mol. The lowest BCUT2D eigenvalue weighted by Gasteiger charge is -2.13. The third-order valence-corrected chi connectivity index (χ3v) is 3.20. The molecule has 110 valence electrons. The molecule has 0 spiro atoms. The van der Waals surface area contributed by atoms with Gasteiger partial charge in [0.25, 0.3) is 5.95 Å². The van der Waals surface area contributed by atoms with Crippen molar-refractivity contribution < 1.29 is 4.79 Å². The molecule has 1 amide bonds. The summed E-state index contributed by atoms with van der Waals surface area (Å²) >= 11 is 0. The fourth-order valence-corrected chi connectivity index (χ4v) is 2.07. The van der Waals surface area contributed by atoms with Crippen LogP contribution in [0.15, 0.2) is 12.7 Å². The molecule has 0 radical (unpaired) electrons. The molecule has 3 rings (SSSR count). The summed E-state index contributed by atoms with van der Waals surface area (Å²) in [7, 11) is 3.48. The zero-order chi connectivity index (χ0) is 14.8. The van der Waals surface area contributed by atoms with E-state index in [1.54, 1.807) is 19.0 Å². The van der Waals surface area contributed by atoms with Gasteiger partial charge in [0.15, 0.2) is 0 Å². The summed E-state index contributed by atoms with van der Waals surface area (Å²) in [6, 6.07) is -0.314. The number of likely N-dealkylation sites (tertiary alicyclic amines) is 1. The molecular formula is C11H15N9O. The summed E-state index contributed by atoms with van der Waals surface area (Å²) in [6.45, 7) is 0.719. The van der Waals surface area contributed by atoms with E-state index in [1.165, 1.54) is 17.3 Å². The van der Waals surface area contributed by atoms with E-state index in [0.29, 0.717) is 24.3 Å². The highest BCUT2D eigenvalue weighted by Crippen LogP contribution is 2.15. The molecule has 1 aliphatic rings. The van der Waals surface area contributed by atoms with Crippen molar-refractivity contribution in [2.45, 2.75) is 12.5 Å². The molecule has 1 aliphatic heterocycles. The van der Waals surface area contributed by atoms with Crippen molar-refractivity contribution in [1.29, 1.82) is 0 Å². The van der Waals surface area contributed by atoms with Crippen molar-refractivity contribution >= 4 is 17.8 Å². The zero-order valence-electron chi connectivity index (χ0n) is 11.7. The van der Waals surface area contributed by atoms with Crippen LogP contribution in [-0.2, 0) is 4.79 Å². The van der Waals surface area contributed by atoms with Gasteiger partial charge in [-0.3, -0.25) is 4.79 Å². The molecule has 2 aromatic heterocycles. The Labute approximate surface area is 120 Å². The minimum atomic E-state index is -0.314. The van der Waals surface area contributed by atoms with Gasteiger partial charge < -0.3 is 15.5 Å². The second-order valence-electron chi connectivity index (χ2n) is 4.62. The normalized spacial score (nSPS) is 18.1. The van der Waals surface area contributed by atoms with Gasteiger partial charge in [0.1, 0.15) is 18.7 Å². The molecule has 1 unspecified atom stereocenters. The van der Waals surface area contributed by atoms with Crippen molar-refractivity contribution in [2.24, 2.45) is 0 Å². The van der Waals surface area contributed by atoms with Crippen LogP contribution in [0.25, 0.3) is 5.95 Å². The topological polar surface area (TPSA) is 114 Å². The lowest BCUT2D eigenvalue weighted by molar-refractivity contribution is -0.127. The molecule has 2 N–H and O–H groups in total. The minimum Gasteiger partial charge on any atom is -0.357 e. The Kier molecular flexibility index (Phi) is 3.34. The molecular weight excluding hydrogens is 274 g/mol. The molecule has 21 heavy (non-hydrogen) atoms. The van der Waals surface area contributed by atoms with Crippen LogP contribution in [0.4, 0.5) is 11.9 Å². The maximum atomic E-state index is 11.9. The summed E-state index contributed by atoms with van der Waals surface area (Å²) < 4.78 is 1.43. The van der Waals surface area contributed by atoms with Gasteiger partial charge in [-0.1, -0.05) is 0 Å². The molecule has 0 aromatic carbocycles. The largest absolute Gasteiger partial charge is 0.357 e. The molecule has 1 atom stereocenters. The zero-order valence-corrected chi connectivity index (χ0v) is 11.7. The molecule has 2 aromatic rings. The smallest absolute Gasteiger partial charge is 0.258 e. The van der Waals surface area contributed by atoms with Crippen LogP contribution in [-0.4, -0.2) is 67.2 Å². The summed E-state index contributed by atoms with van der Waals surface area (Å²) in [6.07, 6.45) is 3.60. The first-order valence-corrected chi connectivity index (χ1v) is 6.47. The van der Waals surface area contributed by atoms with Crippen molar-refractivity contribution in [3.63, 3.8) is 0 Å². The summed E-state index contributed by atoms with van der Waals surface area (Å²) in [4.78, 5) is 30.1. The van der Waals surface area contributed by atoms with E-state index >= 15 is 0 Å². The van der Waals surface area contributed by atoms with Crippen LogP contribution in [0.3, 0.4) is 0 Å². The number of rotatable bonds is 4. The fraction of sp³-hybridized carbons (Fsp3) is 0.455. The van der Waals surface area contributed by atoms with E-state index in [-0.39, 0.29) is 11.9 Å². The maximum absolute atomic E-state index is 11.9. The number of hydrogen-bond acceptors (Lipinski definition) is 8. The van der Waals surface area contributed by atoms with Gasteiger partial charge in [-0.15, -0.1) is 0 Å². The second kappa shape index (κ2) is 5.31. The summed E-state index contributed by atoms with van der Waals surface area (Å²) in [5, 5.41) is 9.88. The molecule has 0 aliphatic carbocycles. The van der Waals surface area contributed by atoms with Crippen molar-refractivity contribution in [2.75, 3.05) is 31.3 Å². The Morgan fingerprint density at radius 3 is 2.71 bits per heavy atom. The van der Waals surface area contributed by atoms with Gasteiger partial charge in [-0.2, -0.15) is 24.7 Å². The predicted octanol–water partition coefficient (Wildman–Crippen LogP) is -0.863. The van der Waals surface area contributed by atoms with Gasteiger partial charge in [-0.05, 0) is 6.42 Å². The average Bonchev–Trinajstić information content (AvgIpc) is 3.13. The number of hydrogen-bond donors (Lipinski definition) is 2. The minimum absolute atomic E-state index is 0.0312. The van der Waals surface area contributed by atoms with Crippen molar-refractivity contribution in [3.8, 4) is 5.95 Å². The number of carbonyl (C=O) groups is 1. The maximum Gasteiger partial charge on any atom is 0.258 e. The van der Waals surface area contributed by atoms with E-state index in [1.807, 2.05) is 0 Å². The highest BCUT2D eigenvalue weighted by molar-refractivity contribution is 5.86. The molecule has 1 fully saturated rings. The Morgan fingerprint density at radius 1 is 1.29 bits per heavy atom. The third-order valence-electron chi connectivity index (χ3n) is 3.20. The average molecular weight is 289 g/mol. The predicted molar refractivity (Wildman–Crippen MR) is 74.0 cm³/mol. The van der Waals surface area contributed by atoms with Gasteiger partial charge >= 0.3 is 0 Å². The fourth-order valence-electron chi connectivity index (χ4n) is 2.07. The number of amides is 1. The Balaban J connectivity index is 1.88. The van der Waals surface area contributed by atoms with Crippen LogP contribution in [0.2, 0.25) is 0 Å². The van der Waals surface area contributed by atoms with Crippen LogP contribution in [0, 0.1) is 0 Å². The van der Waals surface area contributed by atoms with E-state index in [0.717, 1.165) is 6.54 Å². The lowest BCUT2D eigenvalue weighted by atomic mass is 10.2. The van der Waals surface area contributed by atoms with Gasteiger partial charge in [0.2, 0.25) is 17.8 Å². The first kappa shape index (κ1) is 13.2. The number of anilines is 2. The quantitative estimate of drug-likeness (QED) is 0.747. The summed E-state index contributed by atoms with van der Waals surface area (Å²) in [5.74, 6) is 1.07. The summed E-state index contributed by atoms with van der Waals surface area (Å²) in [5.41, 5.74) is 0. The standard InChI is InChI=1S/C11H15N9O/c1-12-9-16-10(15-7-3-4-19(2)8(7)21)18-11(17-9)20-6-13-5-14-20/h5-7H,3-4H2,1-2H3,(H2,12,15,16,17,18). The first-order valence-electron chi connectivity index (χ1n) is 6.47. The number of aromatic nitrogens is 6. The molecule has 10 nitrogen and oxygen atoms in total. The van der Waals surface area contributed by atoms with E-state index < -0.39 is 0 Å². The van der Waals surface area contributed by atoms with Crippen LogP contribution >= 0.6 is 0 Å². The molecule has 10 heteroatoms. The van der Waals surface area contributed by atoms with Crippen molar-refractivity contribution in [3.05, 3.63) is 12.7 Å². The number of nitrogens with zero attached hydrogens (tertiary/aromatic N) is 7. The lowest BCUT2D eigenvalue weighted by Crippen LogP contribution is -2.31. The Hall–Kier alpha value is -2.78. The highest BCUT2D eigenvalue weighted by Gasteiger charge is 2.29. The van der Waals surface area contributed by atoms with E-state index in [9.17, 15) is 4.79 Å². The highest BCUT2D eigenvalue weighted by atomic mass is 16.2. The van der Waals surface area contributed by atoms with E-state index in [2.05, 4.69) is 35.7 Å². The number of carbonyl (C=O) groups excluding carboxylic acids is 1. The molecule has 0 saturated carbocycles. The SMILES string of the molecule is CNc1nc(NC2CCN(C)C2=O)nc(-n2cncn2)n1. The molecule has 0 bridgehead atoms. The van der Waals surface area contributed by atoms with E-state index in [4.69, 9.17) is 0 Å². The molecule has 1 saturated heterocycles. The van der Waals surface area contributed by atoms with Crippen LogP contribution in [0.5, 0.6) is 0 Å². The number of nitrogens with one attached hydrogen (secondary N) is 2. The molecule has 3 heterocycles. The van der Waals surface area contributed by atoms with Crippen LogP contribution < -0.4 is 10.6 Å². The van der Waals surface area contributed by atoms with Gasteiger partial charge in [0, 0.05) is 20.6 Å². The van der Waals surface area contributed by atoms with Crippen LogP contribution in [0.1, 0.15) is 6.42 Å². The van der Waals surface area contributed by atoms with Gasteiger partial charge in [0.05, 0.1) is 0 Å². The first-order chi connectivity index (χ1) is 10.2. The van der Waals surface area contributed by atoms with Gasteiger partial charge in [-0.25, -0.2) is 4.98 Å². The van der Waals surface area contributed by atoms with Crippen molar-refractivity contribution in [1.82, 2.24) is 34.6 Å². The Bertz CT molecular complexity index is 641.